The molecule has 4 aromatic carbocycles. The number of amides is 4. The third-order valence-electron chi connectivity index (χ3n) is 8.72. The van der Waals surface area contributed by atoms with Crippen LogP contribution in [0.5, 0.6) is 0 Å². The minimum absolute atomic E-state index is 0.183. The molecule has 4 amide bonds. The highest BCUT2D eigenvalue weighted by Gasteiger charge is 2.36. The second kappa shape index (κ2) is 17.2. The van der Waals surface area contributed by atoms with Crippen LogP contribution in [0.1, 0.15) is 46.3 Å². The molecule has 0 heterocycles. The Labute approximate surface area is 282 Å². The normalized spacial score (nSPS) is 12.9. The molecule has 10 nitrogen and oxygen atoms in total. The van der Waals surface area contributed by atoms with Crippen molar-refractivity contribution in [1.29, 1.82) is 0 Å². The van der Waals surface area contributed by atoms with Gasteiger partial charge in [-0.1, -0.05) is 84.9 Å². The Morgan fingerprint density at radius 1 is 0.688 bits per heavy atom. The molecular formula is C38H46N6O4. The van der Waals surface area contributed by atoms with E-state index >= 15 is 0 Å². The largest absolute Gasteiger partial charge is 0.368 e. The number of benzene rings is 4. The molecule has 0 bridgehead atoms. The van der Waals surface area contributed by atoms with Crippen molar-refractivity contribution in [2.75, 3.05) is 20.6 Å². The van der Waals surface area contributed by atoms with Crippen LogP contribution < -0.4 is 22.5 Å². The quantitative estimate of drug-likeness (QED) is 0.136. The molecular weight excluding hydrogens is 604 g/mol. The van der Waals surface area contributed by atoms with Gasteiger partial charge < -0.3 is 32.3 Å². The van der Waals surface area contributed by atoms with Crippen molar-refractivity contribution < 1.29 is 19.2 Å². The highest BCUT2D eigenvalue weighted by atomic mass is 16.2. The average Bonchev–Trinajstić information content (AvgIpc) is 3.11. The van der Waals surface area contributed by atoms with Crippen molar-refractivity contribution >= 4 is 34.4 Å². The summed E-state index contributed by atoms with van der Waals surface area (Å²) < 4.78 is 0. The summed E-state index contributed by atoms with van der Waals surface area (Å²) in [4.78, 5) is 57.6. The average molecular weight is 651 g/mol. The smallest absolute Gasteiger partial charge is 0.254 e. The second-order valence-corrected chi connectivity index (χ2v) is 12.1. The van der Waals surface area contributed by atoms with Crippen molar-refractivity contribution in [3.05, 3.63) is 119 Å². The fourth-order valence-corrected chi connectivity index (χ4v) is 5.83. The fraction of sp³-hybridized carbons (Fsp3) is 0.316. The van der Waals surface area contributed by atoms with Gasteiger partial charge in [0.25, 0.3) is 5.91 Å². The van der Waals surface area contributed by atoms with Crippen molar-refractivity contribution in [3.8, 4) is 0 Å². The summed E-state index contributed by atoms with van der Waals surface area (Å²) in [7, 11) is 3.16. The minimum atomic E-state index is -1.00. The van der Waals surface area contributed by atoms with E-state index in [2.05, 4.69) is 5.32 Å². The van der Waals surface area contributed by atoms with Crippen LogP contribution in [0, 0.1) is 0 Å². The van der Waals surface area contributed by atoms with E-state index in [-0.39, 0.29) is 25.3 Å². The molecule has 0 radical (unpaired) electrons. The van der Waals surface area contributed by atoms with Crippen LogP contribution in [0.4, 0.5) is 0 Å². The molecule has 7 N–H and O–H groups in total. The van der Waals surface area contributed by atoms with Crippen LogP contribution in [0.2, 0.25) is 0 Å². The number of hydrogen-bond acceptors (Lipinski definition) is 6. The first-order valence-electron chi connectivity index (χ1n) is 16.3. The molecule has 10 heteroatoms. The summed E-state index contributed by atoms with van der Waals surface area (Å²) in [6.07, 6.45) is 2.00. The third kappa shape index (κ3) is 9.27. The first kappa shape index (κ1) is 35.8. The van der Waals surface area contributed by atoms with Crippen LogP contribution in [0.15, 0.2) is 97.1 Å². The molecule has 0 aliphatic carbocycles. The van der Waals surface area contributed by atoms with Gasteiger partial charge >= 0.3 is 0 Å². The minimum Gasteiger partial charge on any atom is -0.368 e. The summed E-state index contributed by atoms with van der Waals surface area (Å²) in [5, 5.41) is 4.85. The van der Waals surface area contributed by atoms with E-state index in [0.717, 1.165) is 27.5 Å². The Morgan fingerprint density at radius 3 is 2.04 bits per heavy atom. The summed E-state index contributed by atoms with van der Waals surface area (Å²) >= 11 is 0. The maximum atomic E-state index is 14.6. The predicted octanol–water partition coefficient (Wildman–Crippen LogP) is 3.15. The van der Waals surface area contributed by atoms with Crippen LogP contribution >= 0.6 is 0 Å². The zero-order valence-corrected chi connectivity index (χ0v) is 27.7. The van der Waals surface area contributed by atoms with Crippen LogP contribution in [-0.4, -0.2) is 72.2 Å². The standard InChI is InChI=1S/C38H46N6O4/c1-43(33(23-26-11-4-3-5-12-26)36(46)42-32(35(41)45)17-8-9-20-39)38(48)34(24-27-18-19-29-14-6-7-15-30(29)21-27)44(2)37(47)31-16-10-13-28(22-31)25-40/h3-7,10-16,18-19,21-22,32-34H,8-9,17,20,23-25,39-40H2,1-2H3,(H2,41,45)(H,42,46)/t32-,33+,34+/m0/s1. The zero-order valence-electron chi connectivity index (χ0n) is 27.7. The lowest BCUT2D eigenvalue weighted by molar-refractivity contribution is -0.142. The Bertz CT molecular complexity index is 1710. The Morgan fingerprint density at radius 2 is 1.35 bits per heavy atom. The SMILES string of the molecule is CN(C(=O)c1cccc(CN)c1)[C@H](Cc1ccc2ccccc2c1)C(=O)N(C)[C@H](Cc1ccccc1)C(=O)N[C@@H](CCCCN)C(N)=O. The zero-order chi connectivity index (χ0) is 34.6. The molecule has 48 heavy (non-hydrogen) atoms. The van der Waals surface area contributed by atoms with Crippen LogP contribution in [-0.2, 0) is 33.8 Å². The van der Waals surface area contributed by atoms with E-state index in [1.54, 1.807) is 32.3 Å². The highest BCUT2D eigenvalue weighted by molar-refractivity contribution is 5.99. The lowest BCUT2D eigenvalue weighted by atomic mass is 9.97. The molecule has 252 valence electrons. The maximum absolute atomic E-state index is 14.6. The van der Waals surface area contributed by atoms with Gasteiger partial charge in [0.15, 0.2) is 0 Å². The molecule has 0 unspecified atom stereocenters. The van der Waals surface area contributed by atoms with Gasteiger partial charge in [0.2, 0.25) is 17.7 Å². The van der Waals surface area contributed by atoms with Crippen molar-refractivity contribution in [2.45, 2.75) is 56.8 Å². The molecule has 0 aliphatic heterocycles. The number of nitrogens with two attached hydrogens (primary N) is 3. The van der Waals surface area contributed by atoms with E-state index in [4.69, 9.17) is 17.2 Å². The number of nitrogens with one attached hydrogen (secondary N) is 1. The number of fused-ring (bicyclic) bond motifs is 1. The lowest BCUT2D eigenvalue weighted by Crippen LogP contribution is -2.58. The molecule has 4 rings (SSSR count). The number of likely N-dealkylation sites (N-methyl/N-ethyl adjacent to an activating group) is 2. The highest BCUT2D eigenvalue weighted by Crippen LogP contribution is 2.21. The van der Waals surface area contributed by atoms with Crippen molar-refractivity contribution in [3.63, 3.8) is 0 Å². The topological polar surface area (TPSA) is 165 Å². The number of nitrogens with zero attached hydrogens (tertiary/aromatic N) is 2. The van der Waals surface area contributed by atoms with E-state index in [1.165, 1.54) is 9.80 Å². The summed E-state index contributed by atoms with van der Waals surface area (Å²) in [6, 6.07) is 27.3. The number of rotatable bonds is 16. The first-order valence-corrected chi connectivity index (χ1v) is 16.3. The maximum Gasteiger partial charge on any atom is 0.254 e. The number of carbonyl (C=O) groups excluding carboxylic acids is 4. The monoisotopic (exact) mass is 650 g/mol. The lowest BCUT2D eigenvalue weighted by Gasteiger charge is -2.35. The van der Waals surface area contributed by atoms with Gasteiger partial charge in [-0.2, -0.15) is 0 Å². The second-order valence-electron chi connectivity index (χ2n) is 12.1. The first-order chi connectivity index (χ1) is 23.1. The van der Waals surface area contributed by atoms with Gasteiger partial charge in [0.05, 0.1) is 0 Å². The van der Waals surface area contributed by atoms with E-state index in [1.807, 2.05) is 78.9 Å². The van der Waals surface area contributed by atoms with Gasteiger partial charge in [-0.15, -0.1) is 0 Å². The number of primary amides is 1. The molecule has 0 spiro atoms. The van der Waals surface area contributed by atoms with Crippen molar-refractivity contribution in [2.24, 2.45) is 17.2 Å². The molecule has 0 saturated carbocycles. The van der Waals surface area contributed by atoms with Gasteiger partial charge in [-0.3, -0.25) is 19.2 Å². The summed E-state index contributed by atoms with van der Waals surface area (Å²) in [6.45, 7) is 0.719. The Balaban J connectivity index is 1.70. The molecule has 0 fully saturated rings. The summed E-state index contributed by atoms with van der Waals surface area (Å²) in [5.41, 5.74) is 20.0. The number of hydrogen-bond donors (Lipinski definition) is 4. The molecule has 0 saturated heterocycles. The van der Waals surface area contributed by atoms with Gasteiger partial charge in [-0.05, 0) is 65.4 Å². The molecule has 0 aromatic heterocycles. The molecule has 0 aliphatic rings. The van der Waals surface area contributed by atoms with E-state index < -0.39 is 35.8 Å². The van der Waals surface area contributed by atoms with Gasteiger partial charge in [0, 0.05) is 39.0 Å². The molecule has 4 aromatic rings. The van der Waals surface area contributed by atoms with Crippen LogP contribution in [0.25, 0.3) is 10.8 Å². The van der Waals surface area contributed by atoms with Crippen LogP contribution in [0.3, 0.4) is 0 Å². The Kier molecular flexibility index (Phi) is 12.8. The molecule has 3 atom stereocenters. The fourth-order valence-electron chi connectivity index (χ4n) is 5.83. The van der Waals surface area contributed by atoms with Crippen molar-refractivity contribution in [1.82, 2.24) is 15.1 Å². The number of unbranched alkanes of at least 4 members (excludes halogenated alkanes) is 1. The van der Waals surface area contributed by atoms with Gasteiger partial charge in [0.1, 0.15) is 18.1 Å². The summed E-state index contributed by atoms with van der Waals surface area (Å²) in [5.74, 6) is -1.95. The Hall–Kier alpha value is -5.06. The third-order valence-corrected chi connectivity index (χ3v) is 8.72. The number of carbonyl (C=O) groups is 4. The van der Waals surface area contributed by atoms with Gasteiger partial charge in [-0.25, -0.2) is 0 Å². The predicted molar refractivity (Wildman–Crippen MR) is 189 cm³/mol. The van der Waals surface area contributed by atoms with E-state index in [9.17, 15) is 19.2 Å². The van der Waals surface area contributed by atoms with E-state index in [0.29, 0.717) is 31.4 Å².